The molecule has 1 fully saturated rings. The van der Waals surface area contributed by atoms with Crippen molar-refractivity contribution in [3.63, 3.8) is 0 Å². The van der Waals surface area contributed by atoms with Gasteiger partial charge in [-0.2, -0.15) is 0 Å². The van der Waals surface area contributed by atoms with Gasteiger partial charge in [-0.05, 0) is 55.2 Å². The molecule has 1 N–H and O–H groups in total. The number of hydrogen-bond donors (Lipinski definition) is 1. The summed E-state index contributed by atoms with van der Waals surface area (Å²) in [6.45, 7) is 3.99. The number of carbonyl (C=O) groups excluding carboxylic acids is 1. The van der Waals surface area contributed by atoms with Gasteiger partial charge in [-0.3, -0.25) is 9.69 Å². The van der Waals surface area contributed by atoms with Crippen molar-refractivity contribution in [3.8, 4) is 5.75 Å². The van der Waals surface area contributed by atoms with Crippen molar-refractivity contribution in [1.82, 2.24) is 4.90 Å². The normalized spacial score (nSPS) is 17.1. The van der Waals surface area contributed by atoms with E-state index in [1.165, 1.54) is 23.3 Å². The van der Waals surface area contributed by atoms with Crippen LogP contribution >= 0.6 is 11.3 Å². The molecular weight excluding hydrogens is 308 g/mol. The van der Waals surface area contributed by atoms with E-state index in [1.54, 1.807) is 18.4 Å². The predicted octanol–water partition coefficient (Wildman–Crippen LogP) is 3.80. The molecule has 0 bridgehead atoms. The Kier molecular flexibility index (Phi) is 3.62. The third kappa shape index (κ3) is 2.86. The maximum absolute atomic E-state index is 12.5. The number of ether oxygens (including phenoxy) is 1. The molecule has 0 saturated heterocycles. The van der Waals surface area contributed by atoms with E-state index in [-0.39, 0.29) is 5.91 Å². The fourth-order valence-electron chi connectivity index (χ4n) is 3.09. The molecule has 1 aliphatic heterocycles. The van der Waals surface area contributed by atoms with Crippen molar-refractivity contribution in [2.24, 2.45) is 0 Å². The van der Waals surface area contributed by atoms with E-state index >= 15 is 0 Å². The topological polar surface area (TPSA) is 41.6 Å². The molecule has 1 aliphatic carbocycles. The maximum atomic E-state index is 12.5. The van der Waals surface area contributed by atoms with Crippen LogP contribution in [0.5, 0.6) is 5.75 Å². The number of carbonyl (C=O) groups is 1. The van der Waals surface area contributed by atoms with Crippen molar-refractivity contribution in [2.75, 3.05) is 12.4 Å². The summed E-state index contributed by atoms with van der Waals surface area (Å²) in [5, 5.41) is 3.02. The average Bonchev–Trinajstić information content (AvgIpc) is 3.19. The lowest BCUT2D eigenvalue weighted by Gasteiger charge is -2.13. The summed E-state index contributed by atoms with van der Waals surface area (Å²) in [6.07, 6.45) is 2.66. The van der Waals surface area contributed by atoms with E-state index in [1.807, 2.05) is 25.1 Å². The number of nitrogens with one attached hydrogen (secondary N) is 1. The molecule has 0 spiro atoms. The Morgan fingerprint density at radius 3 is 2.78 bits per heavy atom. The fourth-order valence-corrected chi connectivity index (χ4v) is 4.19. The van der Waals surface area contributed by atoms with Gasteiger partial charge in [-0.15, -0.1) is 11.3 Å². The Hall–Kier alpha value is -1.85. The largest absolute Gasteiger partial charge is 0.497 e. The quantitative estimate of drug-likeness (QED) is 0.928. The number of anilines is 1. The monoisotopic (exact) mass is 328 g/mol. The first-order valence-electron chi connectivity index (χ1n) is 7.95. The van der Waals surface area contributed by atoms with Crippen molar-refractivity contribution in [3.05, 3.63) is 45.1 Å². The number of benzene rings is 1. The zero-order valence-electron chi connectivity index (χ0n) is 13.4. The van der Waals surface area contributed by atoms with Crippen LogP contribution in [-0.4, -0.2) is 24.0 Å². The summed E-state index contributed by atoms with van der Waals surface area (Å²) in [7, 11) is 1.64. The molecule has 5 heteroatoms. The third-order valence-electron chi connectivity index (χ3n) is 4.59. The zero-order valence-corrected chi connectivity index (χ0v) is 14.2. The molecule has 2 heterocycles. The molecule has 1 saturated carbocycles. The first kappa shape index (κ1) is 14.7. The number of amides is 1. The van der Waals surface area contributed by atoms with Gasteiger partial charge in [0.1, 0.15) is 5.75 Å². The average molecular weight is 328 g/mol. The summed E-state index contributed by atoms with van der Waals surface area (Å²) in [5.74, 6) is 0.784. The molecule has 2 aliphatic rings. The van der Waals surface area contributed by atoms with Crippen molar-refractivity contribution in [1.29, 1.82) is 0 Å². The summed E-state index contributed by atoms with van der Waals surface area (Å²) in [6, 6.07) is 8.54. The van der Waals surface area contributed by atoms with E-state index < -0.39 is 0 Å². The highest BCUT2D eigenvalue weighted by Gasteiger charge is 2.34. The van der Waals surface area contributed by atoms with Crippen molar-refractivity contribution in [2.45, 2.75) is 38.9 Å². The number of thiophene rings is 1. The van der Waals surface area contributed by atoms with Gasteiger partial charge < -0.3 is 10.1 Å². The van der Waals surface area contributed by atoms with Crippen LogP contribution in [0.15, 0.2) is 24.3 Å². The van der Waals surface area contributed by atoms with Crippen LogP contribution in [0.1, 0.15) is 38.5 Å². The van der Waals surface area contributed by atoms with Crippen LogP contribution in [0.2, 0.25) is 0 Å². The highest BCUT2D eigenvalue weighted by atomic mass is 32.1. The number of hydrogen-bond acceptors (Lipinski definition) is 4. The summed E-state index contributed by atoms with van der Waals surface area (Å²) >= 11 is 1.63. The molecule has 1 aromatic carbocycles. The van der Waals surface area contributed by atoms with Gasteiger partial charge in [-0.25, -0.2) is 0 Å². The molecule has 0 radical (unpaired) electrons. The Morgan fingerprint density at radius 1 is 1.30 bits per heavy atom. The van der Waals surface area contributed by atoms with Gasteiger partial charge in [0.2, 0.25) is 0 Å². The Morgan fingerprint density at radius 2 is 2.13 bits per heavy atom. The summed E-state index contributed by atoms with van der Waals surface area (Å²) < 4.78 is 5.20. The van der Waals surface area contributed by atoms with Crippen LogP contribution in [0.3, 0.4) is 0 Å². The van der Waals surface area contributed by atoms with Gasteiger partial charge in [0, 0.05) is 29.7 Å². The smallest absolute Gasteiger partial charge is 0.265 e. The minimum absolute atomic E-state index is 0.0179. The fraction of sp³-hybridized carbons (Fsp3) is 0.389. The predicted molar refractivity (Wildman–Crippen MR) is 92.3 cm³/mol. The van der Waals surface area contributed by atoms with Gasteiger partial charge in [0.05, 0.1) is 12.0 Å². The van der Waals surface area contributed by atoms with Gasteiger partial charge >= 0.3 is 0 Å². The molecule has 0 atom stereocenters. The van der Waals surface area contributed by atoms with Crippen LogP contribution in [0.25, 0.3) is 0 Å². The lowest BCUT2D eigenvalue weighted by molar-refractivity contribution is 0.103. The van der Waals surface area contributed by atoms with E-state index in [4.69, 9.17) is 4.74 Å². The molecular formula is C18H20N2O2S. The molecule has 2 aromatic rings. The second-order valence-corrected chi connectivity index (χ2v) is 7.47. The van der Waals surface area contributed by atoms with Crippen molar-refractivity contribution >= 4 is 22.9 Å². The molecule has 1 aromatic heterocycles. The van der Waals surface area contributed by atoms with Crippen LogP contribution < -0.4 is 10.1 Å². The summed E-state index contributed by atoms with van der Waals surface area (Å²) in [5.41, 5.74) is 3.17. The number of aryl methyl sites for hydroxylation is 1. The second kappa shape index (κ2) is 5.65. The molecule has 120 valence electrons. The molecule has 1 amide bonds. The van der Waals surface area contributed by atoms with Gasteiger partial charge in [0.25, 0.3) is 5.91 Å². The maximum Gasteiger partial charge on any atom is 0.265 e. The number of fused-ring (bicyclic) bond motifs is 1. The minimum atomic E-state index is -0.0179. The lowest BCUT2D eigenvalue weighted by atomic mass is 10.2. The lowest BCUT2D eigenvalue weighted by Crippen LogP contribution is -2.18. The highest BCUT2D eigenvalue weighted by Crippen LogP contribution is 2.38. The third-order valence-corrected chi connectivity index (χ3v) is 5.75. The van der Waals surface area contributed by atoms with E-state index in [2.05, 4.69) is 16.3 Å². The highest BCUT2D eigenvalue weighted by molar-refractivity contribution is 7.14. The molecule has 0 unspecified atom stereocenters. The first-order valence-corrected chi connectivity index (χ1v) is 8.77. The summed E-state index contributed by atoms with van der Waals surface area (Å²) in [4.78, 5) is 17.2. The van der Waals surface area contributed by atoms with Gasteiger partial charge in [0.15, 0.2) is 0 Å². The van der Waals surface area contributed by atoms with E-state index in [0.717, 1.165) is 41.0 Å². The van der Waals surface area contributed by atoms with Crippen molar-refractivity contribution < 1.29 is 9.53 Å². The Balaban J connectivity index is 1.47. The Labute approximate surface area is 140 Å². The first-order chi connectivity index (χ1) is 11.1. The standard InChI is InChI=1S/C18H20N2O2S/c1-11-7-14(22-2)5-6-15(11)19-18(21)16-8-12-9-20(13-3-4-13)10-17(12)23-16/h5-8,13H,3-4,9-10H2,1-2H3,(H,19,21). The number of nitrogens with zero attached hydrogens (tertiary/aromatic N) is 1. The molecule has 4 rings (SSSR count). The van der Waals surface area contributed by atoms with E-state index in [0.29, 0.717) is 0 Å². The number of methoxy groups -OCH3 is 1. The zero-order chi connectivity index (χ0) is 16.0. The second-order valence-electron chi connectivity index (χ2n) is 6.33. The Bertz CT molecular complexity index is 741. The van der Waals surface area contributed by atoms with Gasteiger partial charge in [-0.1, -0.05) is 0 Å². The van der Waals surface area contributed by atoms with E-state index in [9.17, 15) is 4.79 Å². The van der Waals surface area contributed by atoms with Crippen LogP contribution in [0.4, 0.5) is 5.69 Å². The van der Waals surface area contributed by atoms with Crippen LogP contribution in [0, 0.1) is 6.92 Å². The SMILES string of the molecule is COc1ccc(NC(=O)c2cc3c(s2)CN(C2CC2)C3)c(C)c1. The number of rotatable bonds is 4. The molecule has 23 heavy (non-hydrogen) atoms. The minimum Gasteiger partial charge on any atom is -0.497 e. The molecule has 4 nitrogen and oxygen atoms in total. The van der Waals surface area contributed by atoms with Crippen LogP contribution in [-0.2, 0) is 13.1 Å².